The summed E-state index contributed by atoms with van der Waals surface area (Å²) >= 11 is 1.52. The number of carbonyl (C=O) groups excluding carboxylic acids is 1. The van der Waals surface area contributed by atoms with Gasteiger partial charge in [0.25, 0.3) is 0 Å². The van der Waals surface area contributed by atoms with Crippen molar-refractivity contribution < 1.29 is 13.9 Å². The average molecular weight is 280 g/mol. The topological polar surface area (TPSA) is 55.6 Å². The Balaban J connectivity index is 1.94. The summed E-state index contributed by atoms with van der Waals surface area (Å²) in [6.07, 6.45) is 3.59. The van der Waals surface area contributed by atoms with Crippen molar-refractivity contribution in [1.82, 2.24) is 4.98 Å². The Morgan fingerprint density at radius 2 is 2.42 bits per heavy atom. The van der Waals surface area contributed by atoms with Gasteiger partial charge in [0.1, 0.15) is 0 Å². The van der Waals surface area contributed by atoms with Crippen molar-refractivity contribution in [3.8, 4) is 0 Å². The van der Waals surface area contributed by atoms with Gasteiger partial charge in [0, 0.05) is 24.5 Å². The van der Waals surface area contributed by atoms with E-state index in [0.717, 1.165) is 22.9 Å². The van der Waals surface area contributed by atoms with E-state index in [1.807, 2.05) is 23.4 Å². The summed E-state index contributed by atoms with van der Waals surface area (Å²) in [5.41, 5.74) is 1.84. The van der Waals surface area contributed by atoms with E-state index in [1.165, 1.54) is 11.3 Å². The fourth-order valence-electron chi connectivity index (χ4n) is 1.64. The molecule has 2 aromatic rings. The number of anilines is 1. The molecular formula is C13H16N2O3S. The molecule has 0 aliphatic heterocycles. The van der Waals surface area contributed by atoms with Crippen LogP contribution in [-0.2, 0) is 22.5 Å². The number of ether oxygens (including phenoxy) is 1. The molecule has 0 aromatic carbocycles. The minimum atomic E-state index is -0.239. The van der Waals surface area contributed by atoms with Crippen molar-refractivity contribution in [2.75, 3.05) is 18.6 Å². The van der Waals surface area contributed by atoms with Crippen LogP contribution in [0.5, 0.6) is 0 Å². The van der Waals surface area contributed by atoms with Gasteiger partial charge >= 0.3 is 5.97 Å². The fourth-order valence-corrected chi connectivity index (χ4v) is 2.43. The molecule has 0 atom stereocenters. The highest BCUT2D eigenvalue weighted by Crippen LogP contribution is 2.21. The highest BCUT2D eigenvalue weighted by Gasteiger charge is 2.11. The predicted octanol–water partition coefficient (Wildman–Crippen LogP) is 2.48. The van der Waals surface area contributed by atoms with Crippen LogP contribution in [-0.4, -0.2) is 24.6 Å². The van der Waals surface area contributed by atoms with Crippen molar-refractivity contribution in [3.63, 3.8) is 0 Å². The first kappa shape index (κ1) is 13.6. The minimum absolute atomic E-state index is 0.226. The van der Waals surface area contributed by atoms with Crippen LogP contribution >= 0.6 is 11.3 Å². The van der Waals surface area contributed by atoms with E-state index in [1.54, 1.807) is 19.5 Å². The van der Waals surface area contributed by atoms with Crippen LogP contribution in [0.3, 0.4) is 0 Å². The SMILES string of the molecule is CCOC(=O)Cc1csc(N(C)Cc2ccoc2)n1. The van der Waals surface area contributed by atoms with Gasteiger partial charge < -0.3 is 14.1 Å². The Hall–Kier alpha value is -1.82. The van der Waals surface area contributed by atoms with Crippen molar-refractivity contribution >= 4 is 22.4 Å². The van der Waals surface area contributed by atoms with Gasteiger partial charge in [0.2, 0.25) is 0 Å². The Labute approximate surface area is 115 Å². The summed E-state index contributed by atoms with van der Waals surface area (Å²) in [4.78, 5) is 17.8. The van der Waals surface area contributed by atoms with Crippen LogP contribution in [0.4, 0.5) is 5.13 Å². The zero-order valence-electron chi connectivity index (χ0n) is 11.0. The lowest BCUT2D eigenvalue weighted by molar-refractivity contribution is -0.142. The van der Waals surface area contributed by atoms with Gasteiger partial charge in [-0.25, -0.2) is 4.98 Å². The first-order valence-corrected chi connectivity index (χ1v) is 6.89. The molecule has 0 bridgehead atoms. The van der Waals surface area contributed by atoms with Crippen molar-refractivity contribution in [3.05, 3.63) is 35.2 Å². The molecule has 0 aliphatic carbocycles. The summed E-state index contributed by atoms with van der Waals surface area (Å²) in [6.45, 7) is 2.92. The number of hydrogen-bond donors (Lipinski definition) is 0. The molecule has 0 N–H and O–H groups in total. The molecule has 2 heterocycles. The van der Waals surface area contributed by atoms with E-state index in [2.05, 4.69) is 4.98 Å². The fraction of sp³-hybridized carbons (Fsp3) is 0.385. The molecule has 0 saturated carbocycles. The lowest BCUT2D eigenvalue weighted by Gasteiger charge is -2.13. The number of nitrogens with zero attached hydrogens (tertiary/aromatic N) is 2. The highest BCUT2D eigenvalue weighted by atomic mass is 32.1. The molecule has 0 amide bonds. The Kier molecular flexibility index (Phi) is 4.57. The number of hydrogen-bond acceptors (Lipinski definition) is 6. The number of thiazole rings is 1. The van der Waals surface area contributed by atoms with Crippen molar-refractivity contribution in [2.24, 2.45) is 0 Å². The molecule has 102 valence electrons. The van der Waals surface area contributed by atoms with Gasteiger partial charge in [-0.05, 0) is 13.0 Å². The van der Waals surface area contributed by atoms with Crippen LogP contribution in [0.2, 0.25) is 0 Å². The summed E-state index contributed by atoms with van der Waals surface area (Å²) < 4.78 is 9.93. The molecule has 2 rings (SSSR count). The van der Waals surface area contributed by atoms with E-state index in [0.29, 0.717) is 6.61 Å². The lowest BCUT2D eigenvalue weighted by atomic mass is 10.3. The van der Waals surface area contributed by atoms with Gasteiger partial charge in [-0.1, -0.05) is 0 Å². The highest BCUT2D eigenvalue weighted by molar-refractivity contribution is 7.13. The Morgan fingerprint density at radius 3 is 3.11 bits per heavy atom. The number of rotatable bonds is 6. The third-order valence-corrected chi connectivity index (χ3v) is 3.50. The quantitative estimate of drug-likeness (QED) is 0.761. The first-order valence-electron chi connectivity index (χ1n) is 6.01. The van der Waals surface area contributed by atoms with E-state index >= 15 is 0 Å². The lowest BCUT2D eigenvalue weighted by Crippen LogP contribution is -2.16. The maximum absolute atomic E-state index is 11.4. The monoisotopic (exact) mass is 280 g/mol. The second-order valence-corrected chi connectivity index (χ2v) is 4.93. The van der Waals surface area contributed by atoms with Crippen molar-refractivity contribution in [1.29, 1.82) is 0 Å². The number of aromatic nitrogens is 1. The van der Waals surface area contributed by atoms with Crippen LogP contribution in [0.15, 0.2) is 28.4 Å². The largest absolute Gasteiger partial charge is 0.472 e. The van der Waals surface area contributed by atoms with E-state index in [-0.39, 0.29) is 12.4 Å². The summed E-state index contributed by atoms with van der Waals surface area (Å²) in [5, 5.41) is 2.76. The van der Waals surface area contributed by atoms with Gasteiger partial charge in [-0.2, -0.15) is 0 Å². The van der Waals surface area contributed by atoms with Gasteiger partial charge in [-0.3, -0.25) is 4.79 Å². The minimum Gasteiger partial charge on any atom is -0.472 e. The molecule has 0 spiro atoms. The summed E-state index contributed by atoms with van der Waals surface area (Å²) in [6, 6.07) is 1.92. The van der Waals surface area contributed by atoms with Crippen LogP contribution < -0.4 is 4.90 Å². The molecule has 19 heavy (non-hydrogen) atoms. The van der Waals surface area contributed by atoms with Crippen LogP contribution in [0.1, 0.15) is 18.2 Å². The number of carbonyl (C=O) groups is 1. The number of esters is 1. The molecule has 0 saturated heterocycles. The second-order valence-electron chi connectivity index (χ2n) is 4.09. The Morgan fingerprint density at radius 1 is 1.58 bits per heavy atom. The molecule has 6 heteroatoms. The molecule has 5 nitrogen and oxygen atoms in total. The molecule has 0 aliphatic rings. The molecule has 2 aromatic heterocycles. The maximum Gasteiger partial charge on any atom is 0.311 e. The van der Waals surface area contributed by atoms with Gasteiger partial charge in [-0.15, -0.1) is 11.3 Å². The average Bonchev–Trinajstić information content (AvgIpc) is 3.00. The molecule has 0 unspecified atom stereocenters. The zero-order valence-corrected chi connectivity index (χ0v) is 11.8. The summed E-state index contributed by atoms with van der Waals surface area (Å²) in [7, 11) is 1.96. The van der Waals surface area contributed by atoms with Gasteiger partial charge in [0.15, 0.2) is 5.13 Å². The van der Waals surface area contributed by atoms with E-state index in [4.69, 9.17) is 9.15 Å². The zero-order chi connectivity index (χ0) is 13.7. The first-order chi connectivity index (χ1) is 9.19. The molecule has 0 radical (unpaired) electrons. The molecular weight excluding hydrogens is 264 g/mol. The predicted molar refractivity (Wildman–Crippen MR) is 73.3 cm³/mol. The second kappa shape index (κ2) is 6.38. The van der Waals surface area contributed by atoms with E-state index < -0.39 is 0 Å². The normalized spacial score (nSPS) is 10.4. The smallest absolute Gasteiger partial charge is 0.311 e. The number of furan rings is 1. The third-order valence-electron chi connectivity index (χ3n) is 2.50. The van der Waals surface area contributed by atoms with Crippen LogP contribution in [0, 0.1) is 0 Å². The van der Waals surface area contributed by atoms with Gasteiger partial charge in [0.05, 0.1) is 31.2 Å². The Bertz CT molecular complexity index is 522. The van der Waals surface area contributed by atoms with Crippen molar-refractivity contribution in [2.45, 2.75) is 19.9 Å². The van der Waals surface area contributed by atoms with Crippen LogP contribution in [0.25, 0.3) is 0 Å². The molecule has 0 fully saturated rings. The maximum atomic E-state index is 11.4. The summed E-state index contributed by atoms with van der Waals surface area (Å²) in [5.74, 6) is -0.239. The van der Waals surface area contributed by atoms with E-state index in [9.17, 15) is 4.79 Å². The third kappa shape index (κ3) is 3.82. The standard InChI is InChI=1S/C13H16N2O3S/c1-3-18-12(16)6-11-9-19-13(14-11)15(2)7-10-4-5-17-8-10/h4-5,8-9H,3,6-7H2,1-2H3.